The van der Waals surface area contributed by atoms with Crippen LogP contribution in [0.4, 0.5) is 23.3 Å². The van der Waals surface area contributed by atoms with Gasteiger partial charge in [0.15, 0.2) is 0 Å². The molecular formula is C18H17ClN6O3S. The predicted molar refractivity (Wildman–Crippen MR) is 110 cm³/mol. The third-order valence-corrected chi connectivity index (χ3v) is 5.44. The molecule has 3 rings (SSSR count). The summed E-state index contributed by atoms with van der Waals surface area (Å²) in [7, 11) is -2.09. The van der Waals surface area contributed by atoms with Gasteiger partial charge in [-0.15, -0.1) is 0 Å². The van der Waals surface area contributed by atoms with Crippen LogP contribution in [0.3, 0.4) is 0 Å². The second-order valence-electron chi connectivity index (χ2n) is 5.96. The lowest BCUT2D eigenvalue weighted by atomic mass is 10.3. The predicted octanol–water partition coefficient (Wildman–Crippen LogP) is 2.86. The van der Waals surface area contributed by atoms with Gasteiger partial charge in [0.1, 0.15) is 6.33 Å². The first kappa shape index (κ1) is 20.5. The van der Waals surface area contributed by atoms with Gasteiger partial charge in [-0.25, -0.2) is 23.1 Å². The number of benzene rings is 2. The summed E-state index contributed by atoms with van der Waals surface area (Å²) < 4.78 is 25.9. The van der Waals surface area contributed by atoms with Crippen LogP contribution in [0.2, 0.25) is 5.02 Å². The van der Waals surface area contributed by atoms with Gasteiger partial charge in [0.05, 0.1) is 4.90 Å². The molecule has 0 aliphatic heterocycles. The van der Waals surface area contributed by atoms with Gasteiger partial charge in [0, 0.05) is 30.4 Å². The minimum absolute atomic E-state index is 0.0322. The fourth-order valence-electron chi connectivity index (χ4n) is 2.40. The van der Waals surface area contributed by atoms with Crippen LogP contribution < -0.4 is 14.9 Å². The molecule has 0 bridgehead atoms. The number of rotatable bonds is 6. The molecule has 1 aromatic heterocycles. The molecule has 0 unspecified atom stereocenters. The number of nitrogens with zero attached hydrogens (tertiary/aromatic N) is 4. The van der Waals surface area contributed by atoms with Crippen molar-refractivity contribution in [3.63, 3.8) is 0 Å². The van der Waals surface area contributed by atoms with E-state index in [2.05, 4.69) is 20.3 Å². The summed E-state index contributed by atoms with van der Waals surface area (Å²) in [5.74, 6) is 0.0182. The van der Waals surface area contributed by atoms with Crippen LogP contribution >= 0.6 is 11.6 Å². The molecule has 0 aliphatic rings. The molecule has 1 heterocycles. The third-order valence-electron chi connectivity index (χ3n) is 3.75. The second kappa shape index (κ2) is 8.41. The van der Waals surface area contributed by atoms with E-state index in [0.29, 0.717) is 16.7 Å². The number of sulfonamides is 1. The van der Waals surface area contributed by atoms with Crippen LogP contribution in [-0.4, -0.2) is 36.3 Å². The zero-order chi connectivity index (χ0) is 21.0. The molecule has 2 aromatic carbocycles. The first-order valence-electron chi connectivity index (χ1n) is 8.33. The smallest absolute Gasteiger partial charge is 0.264 e. The standard InChI is InChI=1S/C18H17ClN6O3S/c1-12(26)24-29(27,28)16-8-6-14(7-9-16)22-17-20-11-21-18(23-17)25(2)15-5-3-4-13(19)10-15/h3-11H,1-2H3,(H,24,26)(H,20,21,22,23). The summed E-state index contributed by atoms with van der Waals surface area (Å²) in [4.78, 5) is 25.3. The average Bonchev–Trinajstić information content (AvgIpc) is 2.67. The van der Waals surface area contributed by atoms with Gasteiger partial charge in [0.25, 0.3) is 10.0 Å². The molecule has 0 saturated carbocycles. The summed E-state index contributed by atoms with van der Waals surface area (Å²) in [5, 5.41) is 3.58. The Morgan fingerprint density at radius 1 is 1.10 bits per heavy atom. The number of hydrogen-bond donors (Lipinski definition) is 2. The molecule has 3 aromatic rings. The summed E-state index contributed by atoms with van der Waals surface area (Å²) in [6.07, 6.45) is 1.36. The van der Waals surface area contributed by atoms with Crippen LogP contribution in [0.5, 0.6) is 0 Å². The fourth-order valence-corrected chi connectivity index (χ4v) is 3.58. The van der Waals surface area contributed by atoms with Crippen molar-refractivity contribution in [3.8, 4) is 0 Å². The lowest BCUT2D eigenvalue weighted by Gasteiger charge is -2.17. The fraction of sp³-hybridized carbons (Fsp3) is 0.111. The molecule has 0 fully saturated rings. The molecule has 0 saturated heterocycles. The average molecular weight is 433 g/mol. The molecule has 11 heteroatoms. The third kappa shape index (κ3) is 5.18. The Hall–Kier alpha value is -3.24. The first-order chi connectivity index (χ1) is 13.7. The number of halogens is 1. The maximum absolute atomic E-state index is 12.0. The van der Waals surface area contributed by atoms with E-state index in [4.69, 9.17) is 11.6 Å². The van der Waals surface area contributed by atoms with Crippen LogP contribution in [0.15, 0.2) is 59.8 Å². The van der Waals surface area contributed by atoms with Gasteiger partial charge in [-0.3, -0.25) is 4.79 Å². The van der Waals surface area contributed by atoms with Crippen molar-refractivity contribution in [1.29, 1.82) is 0 Å². The Labute approximate surface area is 172 Å². The summed E-state index contributed by atoms with van der Waals surface area (Å²) in [6, 6.07) is 13.1. The van der Waals surface area contributed by atoms with E-state index in [1.165, 1.54) is 18.5 Å². The van der Waals surface area contributed by atoms with E-state index in [9.17, 15) is 13.2 Å². The highest BCUT2D eigenvalue weighted by molar-refractivity contribution is 7.90. The number of anilines is 4. The maximum Gasteiger partial charge on any atom is 0.264 e. The number of nitrogens with one attached hydrogen (secondary N) is 2. The van der Waals surface area contributed by atoms with E-state index in [0.717, 1.165) is 12.6 Å². The Morgan fingerprint density at radius 2 is 1.83 bits per heavy atom. The molecule has 2 N–H and O–H groups in total. The van der Waals surface area contributed by atoms with Gasteiger partial charge in [0.2, 0.25) is 17.8 Å². The van der Waals surface area contributed by atoms with E-state index < -0.39 is 15.9 Å². The van der Waals surface area contributed by atoms with Crippen molar-refractivity contribution in [2.75, 3.05) is 17.3 Å². The summed E-state index contributed by atoms with van der Waals surface area (Å²) in [6.45, 7) is 1.13. The molecule has 0 aliphatic carbocycles. The molecular weight excluding hydrogens is 416 g/mol. The van der Waals surface area contributed by atoms with Crippen molar-refractivity contribution >= 4 is 50.8 Å². The lowest BCUT2D eigenvalue weighted by molar-refractivity contribution is -0.117. The zero-order valence-corrected chi connectivity index (χ0v) is 17.1. The van der Waals surface area contributed by atoms with Gasteiger partial charge >= 0.3 is 0 Å². The molecule has 29 heavy (non-hydrogen) atoms. The van der Waals surface area contributed by atoms with E-state index in [1.54, 1.807) is 36.2 Å². The van der Waals surface area contributed by atoms with Crippen molar-refractivity contribution in [1.82, 2.24) is 19.7 Å². The largest absolute Gasteiger partial charge is 0.324 e. The SMILES string of the molecule is CC(=O)NS(=O)(=O)c1ccc(Nc2ncnc(N(C)c3cccc(Cl)c3)n2)cc1. The van der Waals surface area contributed by atoms with E-state index in [-0.39, 0.29) is 10.8 Å². The minimum Gasteiger partial charge on any atom is -0.324 e. The molecule has 0 spiro atoms. The number of carbonyl (C=O) groups excluding carboxylic acids is 1. The quantitative estimate of drug-likeness (QED) is 0.610. The number of hydrogen-bond acceptors (Lipinski definition) is 8. The first-order valence-corrected chi connectivity index (χ1v) is 10.2. The summed E-state index contributed by atoms with van der Waals surface area (Å²) >= 11 is 6.03. The number of aromatic nitrogens is 3. The minimum atomic E-state index is -3.89. The van der Waals surface area contributed by atoms with Crippen LogP contribution in [0.1, 0.15) is 6.92 Å². The Morgan fingerprint density at radius 3 is 2.48 bits per heavy atom. The molecule has 1 amide bonds. The van der Waals surface area contributed by atoms with E-state index >= 15 is 0 Å². The normalized spacial score (nSPS) is 11.0. The topological polar surface area (TPSA) is 117 Å². The Bertz CT molecular complexity index is 1140. The lowest BCUT2D eigenvalue weighted by Crippen LogP contribution is -2.28. The zero-order valence-electron chi connectivity index (χ0n) is 15.5. The number of carbonyl (C=O) groups is 1. The van der Waals surface area contributed by atoms with Gasteiger partial charge < -0.3 is 10.2 Å². The molecule has 0 radical (unpaired) electrons. The van der Waals surface area contributed by atoms with Crippen LogP contribution in [-0.2, 0) is 14.8 Å². The number of amides is 1. The van der Waals surface area contributed by atoms with Gasteiger partial charge in [-0.05, 0) is 42.5 Å². The maximum atomic E-state index is 12.0. The van der Waals surface area contributed by atoms with Crippen molar-refractivity contribution in [2.24, 2.45) is 0 Å². The van der Waals surface area contributed by atoms with Gasteiger partial charge in [-0.2, -0.15) is 4.98 Å². The highest BCUT2D eigenvalue weighted by Gasteiger charge is 2.15. The van der Waals surface area contributed by atoms with Crippen molar-refractivity contribution in [3.05, 3.63) is 59.9 Å². The van der Waals surface area contributed by atoms with E-state index in [1.807, 2.05) is 16.9 Å². The second-order valence-corrected chi connectivity index (χ2v) is 8.08. The molecule has 150 valence electrons. The Kier molecular flexibility index (Phi) is 5.95. The highest BCUT2D eigenvalue weighted by Crippen LogP contribution is 2.24. The Balaban J connectivity index is 1.77. The molecule has 9 nitrogen and oxygen atoms in total. The monoisotopic (exact) mass is 432 g/mol. The molecule has 0 atom stereocenters. The summed E-state index contributed by atoms with van der Waals surface area (Å²) in [5.41, 5.74) is 1.37. The van der Waals surface area contributed by atoms with Crippen molar-refractivity contribution in [2.45, 2.75) is 11.8 Å². The van der Waals surface area contributed by atoms with Crippen LogP contribution in [0.25, 0.3) is 0 Å². The highest BCUT2D eigenvalue weighted by atomic mass is 35.5. The van der Waals surface area contributed by atoms with Crippen molar-refractivity contribution < 1.29 is 13.2 Å². The van der Waals surface area contributed by atoms with Gasteiger partial charge in [-0.1, -0.05) is 17.7 Å². The van der Waals surface area contributed by atoms with Crippen LogP contribution in [0, 0.1) is 0 Å².